The molecule has 0 fully saturated rings. The van der Waals surface area contributed by atoms with Gasteiger partial charge in [0.05, 0.1) is 18.8 Å². The molecule has 5 nitrogen and oxygen atoms in total. The van der Waals surface area contributed by atoms with Crippen LogP contribution in [-0.4, -0.2) is 27.8 Å². The van der Waals surface area contributed by atoms with Crippen molar-refractivity contribution in [3.8, 4) is 0 Å². The van der Waals surface area contributed by atoms with E-state index in [0.717, 1.165) is 19.3 Å². The Hall–Kier alpha value is -1.36. The lowest BCUT2D eigenvalue weighted by atomic mass is 9.93. The highest BCUT2D eigenvalue weighted by atomic mass is 16.2. The third kappa shape index (κ3) is 3.56. The summed E-state index contributed by atoms with van der Waals surface area (Å²) in [6, 6.07) is 0.117. The maximum atomic E-state index is 12.0. The Balaban J connectivity index is 1.95. The summed E-state index contributed by atoms with van der Waals surface area (Å²) >= 11 is 0. The van der Waals surface area contributed by atoms with Gasteiger partial charge >= 0.3 is 0 Å². The second-order valence-electron chi connectivity index (χ2n) is 6.29. The van der Waals surface area contributed by atoms with Crippen LogP contribution in [0.3, 0.4) is 0 Å². The monoisotopic (exact) mass is 264 g/mol. The van der Waals surface area contributed by atoms with E-state index in [4.69, 9.17) is 0 Å². The van der Waals surface area contributed by atoms with Crippen molar-refractivity contribution < 1.29 is 4.79 Å². The molecule has 0 aromatic carbocycles. The predicted octanol–water partition coefficient (Wildman–Crippen LogP) is 1.30. The Kier molecular flexibility index (Phi) is 3.94. The smallest absolute Gasteiger partial charge is 0.234 e. The van der Waals surface area contributed by atoms with E-state index < -0.39 is 0 Å². The summed E-state index contributed by atoms with van der Waals surface area (Å²) < 4.78 is 1.92. The minimum absolute atomic E-state index is 0.0383. The summed E-state index contributed by atoms with van der Waals surface area (Å²) in [6.45, 7) is 6.52. The first-order valence-electron chi connectivity index (χ1n) is 6.92. The average molecular weight is 264 g/mol. The highest BCUT2D eigenvalue weighted by Gasteiger charge is 2.24. The van der Waals surface area contributed by atoms with E-state index in [-0.39, 0.29) is 17.5 Å². The van der Waals surface area contributed by atoms with E-state index in [1.807, 2.05) is 17.9 Å². The summed E-state index contributed by atoms with van der Waals surface area (Å²) in [5.74, 6) is 0.0524. The normalized spacial score (nSPS) is 19.1. The van der Waals surface area contributed by atoms with Gasteiger partial charge in [0.1, 0.15) is 0 Å². The molecule has 106 valence electrons. The van der Waals surface area contributed by atoms with Crippen LogP contribution < -0.4 is 10.6 Å². The fraction of sp³-hybridized carbons (Fsp3) is 0.714. The number of hydrogen-bond donors (Lipinski definition) is 2. The highest BCUT2D eigenvalue weighted by molar-refractivity contribution is 5.78. The first-order chi connectivity index (χ1) is 8.87. The quantitative estimate of drug-likeness (QED) is 0.865. The molecule has 0 saturated heterocycles. The van der Waals surface area contributed by atoms with Gasteiger partial charge in [0.25, 0.3) is 0 Å². The van der Waals surface area contributed by atoms with E-state index in [0.29, 0.717) is 6.54 Å². The van der Waals surface area contributed by atoms with Crippen LogP contribution in [0.2, 0.25) is 0 Å². The molecule has 0 aliphatic heterocycles. The molecule has 1 unspecified atom stereocenters. The van der Waals surface area contributed by atoms with Gasteiger partial charge in [0, 0.05) is 23.8 Å². The third-order valence-corrected chi connectivity index (χ3v) is 3.49. The summed E-state index contributed by atoms with van der Waals surface area (Å²) in [5, 5.41) is 10.6. The standard InChI is InChI=1S/C14H24N4O/c1-14(2,3)15-9-13(19)17-11-6-5-7-12-10(11)8-16-18(12)4/h8,11,15H,5-7,9H2,1-4H3,(H,17,19). The molecule has 1 atom stereocenters. The largest absolute Gasteiger partial charge is 0.348 e. The number of fused-ring (bicyclic) bond motifs is 1. The lowest BCUT2D eigenvalue weighted by Crippen LogP contribution is -2.44. The van der Waals surface area contributed by atoms with Crippen LogP contribution in [0.1, 0.15) is 50.9 Å². The second kappa shape index (κ2) is 5.33. The van der Waals surface area contributed by atoms with Gasteiger partial charge in [-0.1, -0.05) is 0 Å². The van der Waals surface area contributed by atoms with Crippen LogP contribution in [0.15, 0.2) is 6.20 Å². The summed E-state index contributed by atoms with van der Waals surface area (Å²) in [4.78, 5) is 12.0. The third-order valence-electron chi connectivity index (χ3n) is 3.49. The number of aromatic nitrogens is 2. The molecule has 19 heavy (non-hydrogen) atoms. The van der Waals surface area contributed by atoms with Crippen LogP contribution in [0, 0.1) is 0 Å². The predicted molar refractivity (Wildman–Crippen MR) is 74.8 cm³/mol. The average Bonchev–Trinajstić information content (AvgIpc) is 2.69. The summed E-state index contributed by atoms with van der Waals surface area (Å²) in [7, 11) is 1.96. The molecule has 0 spiro atoms. The van der Waals surface area contributed by atoms with Gasteiger partial charge in [0.15, 0.2) is 0 Å². The number of nitrogens with zero attached hydrogens (tertiary/aromatic N) is 2. The molecular weight excluding hydrogens is 240 g/mol. The van der Waals surface area contributed by atoms with E-state index in [1.54, 1.807) is 0 Å². The van der Waals surface area contributed by atoms with Crippen molar-refractivity contribution in [1.29, 1.82) is 0 Å². The Morgan fingerprint density at radius 2 is 2.26 bits per heavy atom. The molecule has 0 bridgehead atoms. The van der Waals surface area contributed by atoms with Gasteiger partial charge in [-0.25, -0.2) is 0 Å². The first-order valence-corrected chi connectivity index (χ1v) is 6.92. The molecule has 2 rings (SSSR count). The molecule has 5 heteroatoms. The van der Waals surface area contributed by atoms with Crippen molar-refractivity contribution >= 4 is 5.91 Å². The second-order valence-corrected chi connectivity index (χ2v) is 6.29. The van der Waals surface area contributed by atoms with E-state index in [1.165, 1.54) is 11.3 Å². The van der Waals surface area contributed by atoms with E-state index in [2.05, 4.69) is 36.5 Å². The minimum atomic E-state index is -0.0383. The lowest BCUT2D eigenvalue weighted by Gasteiger charge is -2.25. The van der Waals surface area contributed by atoms with Gasteiger partial charge in [-0.15, -0.1) is 0 Å². The van der Waals surface area contributed by atoms with Crippen LogP contribution in [-0.2, 0) is 18.3 Å². The fourth-order valence-electron chi connectivity index (χ4n) is 2.45. The number of amides is 1. The van der Waals surface area contributed by atoms with Gasteiger partial charge in [-0.2, -0.15) is 5.10 Å². The Labute approximate surface area is 114 Å². The van der Waals surface area contributed by atoms with E-state index >= 15 is 0 Å². The number of carbonyl (C=O) groups excluding carboxylic acids is 1. The Bertz CT molecular complexity index is 459. The molecule has 1 aliphatic rings. The molecule has 2 N–H and O–H groups in total. The van der Waals surface area contributed by atoms with Crippen LogP contribution in [0.4, 0.5) is 0 Å². The highest BCUT2D eigenvalue weighted by Crippen LogP contribution is 2.28. The number of rotatable bonds is 3. The maximum absolute atomic E-state index is 12.0. The van der Waals surface area contributed by atoms with E-state index in [9.17, 15) is 4.79 Å². The molecular formula is C14H24N4O. The summed E-state index contributed by atoms with van der Waals surface area (Å²) in [6.07, 6.45) is 5.04. The molecule has 1 heterocycles. The number of nitrogens with one attached hydrogen (secondary N) is 2. The zero-order chi connectivity index (χ0) is 14.0. The zero-order valence-electron chi connectivity index (χ0n) is 12.3. The van der Waals surface area contributed by atoms with Gasteiger partial charge in [-0.3, -0.25) is 9.48 Å². The fourth-order valence-corrected chi connectivity index (χ4v) is 2.45. The minimum Gasteiger partial charge on any atom is -0.348 e. The molecule has 0 radical (unpaired) electrons. The van der Waals surface area contributed by atoms with Crippen molar-refractivity contribution in [1.82, 2.24) is 20.4 Å². The molecule has 0 saturated carbocycles. The molecule has 1 aliphatic carbocycles. The Morgan fingerprint density at radius 3 is 2.95 bits per heavy atom. The van der Waals surface area contributed by atoms with Gasteiger partial charge in [-0.05, 0) is 40.0 Å². The number of hydrogen-bond acceptors (Lipinski definition) is 3. The molecule has 1 amide bonds. The van der Waals surface area contributed by atoms with Crippen LogP contribution >= 0.6 is 0 Å². The lowest BCUT2D eigenvalue weighted by molar-refractivity contribution is -0.121. The Morgan fingerprint density at radius 1 is 1.53 bits per heavy atom. The number of carbonyl (C=O) groups is 1. The van der Waals surface area contributed by atoms with Crippen molar-refractivity contribution in [3.63, 3.8) is 0 Å². The van der Waals surface area contributed by atoms with Crippen LogP contribution in [0.25, 0.3) is 0 Å². The van der Waals surface area contributed by atoms with Gasteiger partial charge in [0.2, 0.25) is 5.91 Å². The SMILES string of the molecule is Cn1ncc2c1CCCC2NC(=O)CNC(C)(C)C. The molecule has 1 aromatic heterocycles. The number of aryl methyl sites for hydroxylation is 1. The molecule has 1 aromatic rings. The summed E-state index contributed by atoms with van der Waals surface area (Å²) in [5.41, 5.74) is 2.39. The van der Waals surface area contributed by atoms with Crippen molar-refractivity contribution in [2.75, 3.05) is 6.54 Å². The first kappa shape index (κ1) is 14.1. The van der Waals surface area contributed by atoms with Crippen molar-refractivity contribution in [2.45, 2.75) is 51.6 Å². The van der Waals surface area contributed by atoms with Gasteiger partial charge < -0.3 is 10.6 Å². The topological polar surface area (TPSA) is 59.0 Å². The van der Waals surface area contributed by atoms with Crippen molar-refractivity contribution in [3.05, 3.63) is 17.5 Å². The zero-order valence-corrected chi connectivity index (χ0v) is 12.3. The maximum Gasteiger partial charge on any atom is 0.234 e. The van der Waals surface area contributed by atoms with Crippen molar-refractivity contribution in [2.24, 2.45) is 7.05 Å². The van der Waals surface area contributed by atoms with Crippen LogP contribution in [0.5, 0.6) is 0 Å².